The summed E-state index contributed by atoms with van der Waals surface area (Å²) in [6.07, 6.45) is 3.26. The number of aromatic nitrogens is 2. The maximum atomic E-state index is 13.5. The molecule has 0 bridgehead atoms. The lowest BCUT2D eigenvalue weighted by Gasteiger charge is -2.09. The van der Waals surface area contributed by atoms with E-state index in [-0.39, 0.29) is 11.5 Å². The molecule has 0 saturated heterocycles. The van der Waals surface area contributed by atoms with Gasteiger partial charge in [0, 0.05) is 30.9 Å². The molecule has 3 N–H and O–H groups in total. The Bertz CT molecular complexity index is 928. The first kappa shape index (κ1) is 15.5. The highest BCUT2D eigenvalue weighted by Gasteiger charge is 2.12. The van der Waals surface area contributed by atoms with Gasteiger partial charge in [-0.05, 0) is 24.3 Å². The monoisotopic (exact) mass is 323 g/mol. The molecule has 1 amide bonds. The number of rotatable bonds is 5. The molecule has 6 nitrogen and oxygen atoms in total. The van der Waals surface area contributed by atoms with Crippen molar-refractivity contribution < 1.29 is 9.18 Å². The number of pyridine rings is 1. The first-order valence-corrected chi connectivity index (χ1v) is 7.33. The molecule has 7 heteroatoms. The van der Waals surface area contributed by atoms with Crippen LogP contribution in [0.1, 0.15) is 15.9 Å². The molecule has 3 aromatic rings. The number of nitrogens with one attached hydrogen (secondary N) is 3. The molecule has 1 aromatic carbocycles. The van der Waals surface area contributed by atoms with Crippen LogP contribution in [0.15, 0.2) is 42.7 Å². The third-order valence-electron chi connectivity index (χ3n) is 3.55. The van der Waals surface area contributed by atoms with Crippen molar-refractivity contribution in [2.24, 2.45) is 0 Å². The van der Waals surface area contributed by atoms with E-state index in [4.69, 9.17) is 5.26 Å². The van der Waals surface area contributed by atoms with Gasteiger partial charge in [0.2, 0.25) is 0 Å². The largest absolute Gasteiger partial charge is 0.382 e. The zero-order chi connectivity index (χ0) is 16.9. The van der Waals surface area contributed by atoms with Crippen molar-refractivity contribution in [2.75, 3.05) is 18.4 Å². The number of benzene rings is 1. The number of carbonyl (C=O) groups is 1. The Kier molecular flexibility index (Phi) is 4.38. The summed E-state index contributed by atoms with van der Waals surface area (Å²) in [5.41, 5.74) is 1.54. The Morgan fingerprint density at radius 1 is 1.29 bits per heavy atom. The SMILES string of the molecule is N#Cc1c(F)cccc1NCCNC(=O)c1c[nH]c2ncccc12. The van der Waals surface area contributed by atoms with Gasteiger partial charge in [-0.25, -0.2) is 9.37 Å². The summed E-state index contributed by atoms with van der Waals surface area (Å²) in [7, 11) is 0. The van der Waals surface area contributed by atoms with Gasteiger partial charge < -0.3 is 15.6 Å². The number of amides is 1. The summed E-state index contributed by atoms with van der Waals surface area (Å²) in [4.78, 5) is 19.3. The molecule has 0 saturated carbocycles. The van der Waals surface area contributed by atoms with Crippen molar-refractivity contribution in [1.29, 1.82) is 5.26 Å². The lowest BCUT2D eigenvalue weighted by atomic mass is 10.2. The smallest absolute Gasteiger partial charge is 0.253 e. The van der Waals surface area contributed by atoms with Crippen molar-refractivity contribution >= 4 is 22.6 Å². The van der Waals surface area contributed by atoms with Crippen molar-refractivity contribution in [1.82, 2.24) is 15.3 Å². The number of nitriles is 1. The fourth-order valence-electron chi connectivity index (χ4n) is 2.40. The number of hydrogen-bond donors (Lipinski definition) is 3. The third kappa shape index (κ3) is 3.03. The van der Waals surface area contributed by atoms with Crippen LogP contribution in [-0.2, 0) is 0 Å². The fourth-order valence-corrected chi connectivity index (χ4v) is 2.40. The average Bonchev–Trinajstić information content (AvgIpc) is 3.03. The van der Waals surface area contributed by atoms with E-state index in [2.05, 4.69) is 20.6 Å². The van der Waals surface area contributed by atoms with Gasteiger partial charge >= 0.3 is 0 Å². The quantitative estimate of drug-likeness (QED) is 0.629. The average molecular weight is 323 g/mol. The van der Waals surface area contributed by atoms with Crippen LogP contribution in [-0.4, -0.2) is 29.0 Å². The van der Waals surface area contributed by atoms with Gasteiger partial charge in [-0.15, -0.1) is 0 Å². The Balaban J connectivity index is 1.58. The van der Waals surface area contributed by atoms with Crippen LogP contribution in [0.2, 0.25) is 0 Å². The number of hydrogen-bond acceptors (Lipinski definition) is 4. The molecular formula is C17H14FN5O. The molecule has 3 rings (SSSR count). The fraction of sp³-hybridized carbons (Fsp3) is 0.118. The predicted molar refractivity (Wildman–Crippen MR) is 88.0 cm³/mol. The summed E-state index contributed by atoms with van der Waals surface area (Å²) < 4.78 is 13.5. The maximum Gasteiger partial charge on any atom is 0.253 e. The second-order valence-electron chi connectivity index (χ2n) is 5.06. The zero-order valence-electron chi connectivity index (χ0n) is 12.6. The van der Waals surface area contributed by atoms with E-state index >= 15 is 0 Å². The normalized spacial score (nSPS) is 10.3. The van der Waals surface area contributed by atoms with Gasteiger partial charge in [0.15, 0.2) is 0 Å². The van der Waals surface area contributed by atoms with E-state index in [1.165, 1.54) is 12.1 Å². The molecule has 120 valence electrons. The third-order valence-corrected chi connectivity index (χ3v) is 3.55. The number of halogens is 1. The first-order valence-electron chi connectivity index (χ1n) is 7.33. The number of H-pyrrole nitrogens is 1. The summed E-state index contributed by atoms with van der Waals surface area (Å²) >= 11 is 0. The minimum atomic E-state index is -0.571. The minimum Gasteiger partial charge on any atom is -0.382 e. The van der Waals surface area contributed by atoms with E-state index in [1.54, 1.807) is 24.5 Å². The van der Waals surface area contributed by atoms with Gasteiger partial charge in [-0.1, -0.05) is 6.07 Å². The Morgan fingerprint density at radius 3 is 3.00 bits per heavy atom. The standard InChI is InChI=1S/C17H14FN5O/c18-14-4-1-5-15(12(14)9-19)20-7-8-22-17(24)13-10-23-16-11(13)3-2-6-21-16/h1-6,10,20H,7-8H2,(H,21,23)(H,22,24). The zero-order valence-corrected chi connectivity index (χ0v) is 12.6. The van der Waals surface area contributed by atoms with Crippen LogP contribution in [0, 0.1) is 17.1 Å². The second kappa shape index (κ2) is 6.79. The number of fused-ring (bicyclic) bond motifs is 1. The van der Waals surface area contributed by atoms with Crippen LogP contribution in [0.5, 0.6) is 0 Å². The Labute approximate surface area is 137 Å². The van der Waals surface area contributed by atoms with Gasteiger partial charge in [0.1, 0.15) is 23.1 Å². The first-order chi connectivity index (χ1) is 11.7. The van der Waals surface area contributed by atoms with Crippen LogP contribution in [0.25, 0.3) is 11.0 Å². The van der Waals surface area contributed by atoms with E-state index in [9.17, 15) is 9.18 Å². The highest BCUT2D eigenvalue weighted by atomic mass is 19.1. The highest BCUT2D eigenvalue weighted by Crippen LogP contribution is 2.17. The number of anilines is 1. The Morgan fingerprint density at radius 2 is 2.17 bits per heavy atom. The minimum absolute atomic E-state index is 0.0356. The van der Waals surface area contributed by atoms with E-state index in [1.807, 2.05) is 12.1 Å². The van der Waals surface area contributed by atoms with Gasteiger partial charge in [0.25, 0.3) is 5.91 Å². The topological polar surface area (TPSA) is 93.6 Å². The van der Waals surface area contributed by atoms with Crippen LogP contribution >= 0.6 is 0 Å². The molecule has 0 radical (unpaired) electrons. The maximum absolute atomic E-state index is 13.5. The number of aromatic amines is 1. The van der Waals surface area contributed by atoms with Gasteiger partial charge in [-0.3, -0.25) is 4.79 Å². The van der Waals surface area contributed by atoms with Crippen molar-refractivity contribution in [3.63, 3.8) is 0 Å². The predicted octanol–water partition coefficient (Wildman–Crippen LogP) is 2.42. The van der Waals surface area contributed by atoms with Gasteiger partial charge in [-0.2, -0.15) is 5.26 Å². The molecule has 2 heterocycles. The summed E-state index contributed by atoms with van der Waals surface area (Å²) in [5, 5.41) is 15.4. The van der Waals surface area contributed by atoms with E-state index < -0.39 is 5.82 Å². The number of nitrogens with zero attached hydrogens (tertiary/aromatic N) is 2. The lowest BCUT2D eigenvalue weighted by molar-refractivity contribution is 0.0957. The van der Waals surface area contributed by atoms with Crippen LogP contribution in [0.3, 0.4) is 0 Å². The molecule has 24 heavy (non-hydrogen) atoms. The number of carbonyl (C=O) groups excluding carboxylic acids is 1. The molecule has 0 atom stereocenters. The van der Waals surface area contributed by atoms with E-state index in [0.29, 0.717) is 30.0 Å². The summed E-state index contributed by atoms with van der Waals surface area (Å²) in [6.45, 7) is 0.692. The van der Waals surface area contributed by atoms with E-state index in [0.717, 1.165) is 5.39 Å². The van der Waals surface area contributed by atoms with Crippen molar-refractivity contribution in [3.8, 4) is 6.07 Å². The Hall–Kier alpha value is -3.40. The molecule has 0 aliphatic carbocycles. The van der Waals surface area contributed by atoms with Crippen LogP contribution in [0.4, 0.5) is 10.1 Å². The second-order valence-corrected chi connectivity index (χ2v) is 5.06. The van der Waals surface area contributed by atoms with Crippen molar-refractivity contribution in [2.45, 2.75) is 0 Å². The lowest BCUT2D eigenvalue weighted by Crippen LogP contribution is -2.28. The molecular weight excluding hydrogens is 309 g/mol. The molecule has 0 aliphatic rings. The molecule has 0 spiro atoms. The molecule has 2 aromatic heterocycles. The molecule has 0 aliphatic heterocycles. The van der Waals surface area contributed by atoms with Crippen molar-refractivity contribution in [3.05, 3.63) is 59.7 Å². The summed E-state index contributed by atoms with van der Waals surface area (Å²) in [6, 6.07) is 9.78. The molecule has 0 fully saturated rings. The summed E-state index contributed by atoms with van der Waals surface area (Å²) in [5.74, 6) is -0.798. The highest BCUT2D eigenvalue weighted by molar-refractivity contribution is 6.05. The van der Waals surface area contributed by atoms with Gasteiger partial charge in [0.05, 0.1) is 11.3 Å². The molecule has 0 unspecified atom stereocenters. The van der Waals surface area contributed by atoms with Crippen LogP contribution < -0.4 is 10.6 Å².